The number of hydrogen-bond donors (Lipinski definition) is 1. The summed E-state index contributed by atoms with van der Waals surface area (Å²) in [6, 6.07) is 25.6. The number of hydrogen-bond acceptors (Lipinski definition) is 2. The maximum absolute atomic E-state index is 13.9. The predicted octanol–water partition coefficient (Wildman–Crippen LogP) is 7.33. The SMILES string of the molecule is COc1ccc(NC(=O)c2c(-c3ccccc3)c3c4n(c(-c5ccc(Cl)cc5)cn24)CCCC3)cc1. The number of imidazole rings is 1. The zero-order valence-electron chi connectivity index (χ0n) is 20.0. The molecule has 5 nitrogen and oxygen atoms in total. The fourth-order valence-corrected chi connectivity index (χ4v) is 5.37. The number of nitrogens with zero attached hydrogens (tertiary/aromatic N) is 2. The molecule has 0 unspecified atom stereocenters. The Balaban J connectivity index is 1.57. The summed E-state index contributed by atoms with van der Waals surface area (Å²) in [7, 11) is 1.63. The zero-order valence-corrected chi connectivity index (χ0v) is 20.8. The van der Waals surface area contributed by atoms with Crippen LogP contribution in [0.1, 0.15) is 28.9 Å². The van der Waals surface area contributed by atoms with Gasteiger partial charge < -0.3 is 14.6 Å². The van der Waals surface area contributed by atoms with Crippen molar-refractivity contribution in [3.63, 3.8) is 0 Å². The van der Waals surface area contributed by atoms with Gasteiger partial charge in [-0.2, -0.15) is 0 Å². The molecule has 0 saturated carbocycles. The molecule has 6 rings (SSSR count). The standard InChI is InChI=1S/C30H26ClN3O2/c1-36-24-16-14-23(15-17-24)32-29(35)28-27(21-7-3-2-4-8-21)25-9-5-6-18-33-26(19-34(28)30(25)33)20-10-12-22(31)13-11-20/h2-4,7-8,10-17,19H,5-6,9,18H2,1H3,(H,32,35). The van der Waals surface area contributed by atoms with E-state index in [2.05, 4.69) is 32.6 Å². The van der Waals surface area contributed by atoms with Gasteiger partial charge >= 0.3 is 0 Å². The van der Waals surface area contributed by atoms with Crippen LogP contribution >= 0.6 is 11.6 Å². The Morgan fingerprint density at radius 3 is 2.39 bits per heavy atom. The van der Waals surface area contributed by atoms with Crippen LogP contribution in [-0.2, 0) is 13.0 Å². The fraction of sp³-hybridized carbons (Fsp3) is 0.167. The van der Waals surface area contributed by atoms with Crippen LogP contribution in [0.2, 0.25) is 5.02 Å². The fourth-order valence-electron chi connectivity index (χ4n) is 5.24. The van der Waals surface area contributed by atoms with Crippen molar-refractivity contribution in [1.29, 1.82) is 0 Å². The second-order valence-corrected chi connectivity index (χ2v) is 9.51. The summed E-state index contributed by atoms with van der Waals surface area (Å²) in [4.78, 5) is 13.9. The Morgan fingerprint density at radius 1 is 0.917 bits per heavy atom. The molecule has 180 valence electrons. The molecule has 1 aliphatic rings. The van der Waals surface area contributed by atoms with Gasteiger partial charge in [0.2, 0.25) is 0 Å². The van der Waals surface area contributed by atoms with Crippen molar-refractivity contribution >= 4 is 28.8 Å². The second-order valence-electron chi connectivity index (χ2n) is 9.07. The van der Waals surface area contributed by atoms with E-state index in [1.165, 1.54) is 5.56 Å². The van der Waals surface area contributed by atoms with E-state index in [9.17, 15) is 4.79 Å². The lowest BCUT2D eigenvalue weighted by Crippen LogP contribution is -2.15. The van der Waals surface area contributed by atoms with E-state index in [1.54, 1.807) is 7.11 Å². The van der Waals surface area contributed by atoms with E-state index < -0.39 is 0 Å². The molecule has 0 fully saturated rings. The molecule has 1 N–H and O–H groups in total. The minimum Gasteiger partial charge on any atom is -0.497 e. The molecule has 0 radical (unpaired) electrons. The number of carbonyl (C=O) groups is 1. The van der Waals surface area contributed by atoms with Gasteiger partial charge in [-0.05, 0) is 66.8 Å². The number of halogens is 1. The highest BCUT2D eigenvalue weighted by atomic mass is 35.5. The summed E-state index contributed by atoms with van der Waals surface area (Å²) >= 11 is 6.17. The summed E-state index contributed by atoms with van der Waals surface area (Å²) in [5.74, 6) is 0.609. The Kier molecular flexibility index (Phi) is 5.78. The summed E-state index contributed by atoms with van der Waals surface area (Å²) in [5.41, 5.74) is 7.92. The lowest BCUT2D eigenvalue weighted by atomic mass is 9.98. The third kappa shape index (κ3) is 3.86. The summed E-state index contributed by atoms with van der Waals surface area (Å²) in [5, 5.41) is 3.83. The molecule has 6 heteroatoms. The number of methoxy groups -OCH3 is 1. The quantitative estimate of drug-likeness (QED) is 0.277. The number of amides is 1. The third-order valence-corrected chi connectivity index (χ3v) is 7.15. The molecule has 1 aliphatic heterocycles. The smallest absolute Gasteiger partial charge is 0.273 e. The van der Waals surface area contributed by atoms with Gasteiger partial charge in [-0.3, -0.25) is 9.20 Å². The Labute approximate surface area is 214 Å². The lowest BCUT2D eigenvalue weighted by molar-refractivity contribution is 0.102. The molecule has 0 spiro atoms. The molecule has 0 atom stereocenters. The molecular weight excluding hydrogens is 470 g/mol. The maximum atomic E-state index is 13.9. The van der Waals surface area contributed by atoms with Crippen LogP contribution < -0.4 is 10.1 Å². The van der Waals surface area contributed by atoms with E-state index in [-0.39, 0.29) is 5.91 Å². The Bertz CT molecular complexity index is 1550. The Hall–Kier alpha value is -3.96. The highest BCUT2D eigenvalue weighted by Gasteiger charge is 2.29. The van der Waals surface area contributed by atoms with E-state index >= 15 is 0 Å². The van der Waals surface area contributed by atoms with Crippen molar-refractivity contribution in [2.75, 3.05) is 12.4 Å². The van der Waals surface area contributed by atoms with Crippen LogP contribution in [0.4, 0.5) is 5.69 Å². The average Bonchev–Trinajstić information content (AvgIpc) is 3.33. The lowest BCUT2D eigenvalue weighted by Gasteiger charge is -2.10. The summed E-state index contributed by atoms with van der Waals surface area (Å²) < 4.78 is 9.72. The molecule has 0 saturated heterocycles. The molecule has 5 aromatic rings. The van der Waals surface area contributed by atoms with E-state index in [0.717, 1.165) is 65.3 Å². The van der Waals surface area contributed by atoms with Crippen LogP contribution in [0.3, 0.4) is 0 Å². The molecule has 2 aromatic heterocycles. The number of anilines is 1. The molecule has 3 aromatic carbocycles. The minimum atomic E-state index is -0.138. The molecule has 1 amide bonds. The normalized spacial score (nSPS) is 12.9. The third-order valence-electron chi connectivity index (χ3n) is 6.90. The number of ether oxygens (including phenoxy) is 1. The first-order valence-electron chi connectivity index (χ1n) is 12.2. The van der Waals surface area contributed by atoms with Crippen molar-refractivity contribution in [2.45, 2.75) is 25.8 Å². The van der Waals surface area contributed by atoms with Crippen LogP contribution in [0.25, 0.3) is 28.0 Å². The first-order chi connectivity index (χ1) is 17.6. The van der Waals surface area contributed by atoms with Gasteiger partial charge in [-0.15, -0.1) is 0 Å². The summed E-state index contributed by atoms with van der Waals surface area (Å²) in [6.45, 7) is 0.902. The number of aromatic nitrogens is 2. The van der Waals surface area contributed by atoms with Gasteiger partial charge in [-0.25, -0.2) is 0 Å². The van der Waals surface area contributed by atoms with Crippen molar-refractivity contribution in [3.8, 4) is 28.1 Å². The van der Waals surface area contributed by atoms with E-state index in [0.29, 0.717) is 10.7 Å². The van der Waals surface area contributed by atoms with Gasteiger partial charge in [0.15, 0.2) is 0 Å². The average molecular weight is 496 g/mol. The molecule has 0 aliphatic carbocycles. The van der Waals surface area contributed by atoms with Gasteiger partial charge in [0.1, 0.15) is 17.1 Å². The monoisotopic (exact) mass is 495 g/mol. The van der Waals surface area contributed by atoms with Crippen molar-refractivity contribution in [3.05, 3.63) is 101 Å². The van der Waals surface area contributed by atoms with Gasteiger partial charge in [-0.1, -0.05) is 54.1 Å². The number of benzene rings is 3. The zero-order chi connectivity index (χ0) is 24.6. The number of rotatable bonds is 5. The topological polar surface area (TPSA) is 47.7 Å². The van der Waals surface area contributed by atoms with Crippen LogP contribution in [-0.4, -0.2) is 22.0 Å². The molecule has 0 bridgehead atoms. The first kappa shape index (κ1) is 22.5. The summed E-state index contributed by atoms with van der Waals surface area (Å²) in [6.07, 6.45) is 5.18. The first-order valence-corrected chi connectivity index (χ1v) is 12.5. The number of nitrogens with one attached hydrogen (secondary N) is 1. The van der Waals surface area contributed by atoms with Crippen LogP contribution in [0.5, 0.6) is 5.75 Å². The van der Waals surface area contributed by atoms with Crippen LogP contribution in [0.15, 0.2) is 85.1 Å². The van der Waals surface area contributed by atoms with E-state index in [1.807, 2.05) is 66.7 Å². The Morgan fingerprint density at radius 2 is 1.67 bits per heavy atom. The van der Waals surface area contributed by atoms with Gasteiger partial charge in [0.05, 0.1) is 12.8 Å². The maximum Gasteiger partial charge on any atom is 0.273 e. The highest BCUT2D eigenvalue weighted by molar-refractivity contribution is 6.30. The van der Waals surface area contributed by atoms with E-state index in [4.69, 9.17) is 16.3 Å². The van der Waals surface area contributed by atoms with Crippen molar-refractivity contribution < 1.29 is 9.53 Å². The van der Waals surface area contributed by atoms with Gasteiger partial charge in [0, 0.05) is 34.6 Å². The molecule has 3 heterocycles. The minimum absolute atomic E-state index is 0.138. The van der Waals surface area contributed by atoms with Crippen molar-refractivity contribution in [2.24, 2.45) is 0 Å². The second kappa shape index (κ2) is 9.25. The number of carbonyl (C=O) groups excluding carboxylic acids is 1. The number of aryl methyl sites for hydroxylation is 2. The molecular formula is C30H26ClN3O2. The molecule has 36 heavy (non-hydrogen) atoms. The highest BCUT2D eigenvalue weighted by Crippen LogP contribution is 2.39. The van der Waals surface area contributed by atoms with Gasteiger partial charge in [0.25, 0.3) is 5.91 Å². The largest absolute Gasteiger partial charge is 0.497 e. The van der Waals surface area contributed by atoms with Crippen LogP contribution in [0, 0.1) is 0 Å². The van der Waals surface area contributed by atoms with Crippen molar-refractivity contribution in [1.82, 2.24) is 8.97 Å². The predicted molar refractivity (Wildman–Crippen MR) is 145 cm³/mol.